The lowest BCUT2D eigenvalue weighted by molar-refractivity contribution is 0.469. The summed E-state index contributed by atoms with van der Waals surface area (Å²) in [6.45, 7) is 1.86. The molecule has 0 atom stereocenters. The van der Waals surface area contributed by atoms with Gasteiger partial charge in [0.1, 0.15) is 10.6 Å². The van der Waals surface area contributed by atoms with Gasteiger partial charge in [0.25, 0.3) is 0 Å². The van der Waals surface area contributed by atoms with E-state index in [0.29, 0.717) is 17.0 Å². The lowest BCUT2D eigenvalue weighted by Crippen LogP contribution is -2.14. The quantitative estimate of drug-likeness (QED) is 0.769. The van der Waals surface area contributed by atoms with E-state index in [-0.39, 0.29) is 10.6 Å². The Bertz CT molecular complexity index is 921. The van der Waals surface area contributed by atoms with Gasteiger partial charge >= 0.3 is 0 Å². The molecule has 0 aliphatic rings. The molecule has 0 aliphatic carbocycles. The summed E-state index contributed by atoms with van der Waals surface area (Å²) in [6.07, 6.45) is 1.59. The zero-order chi connectivity index (χ0) is 16.4. The third-order valence-corrected chi connectivity index (χ3v) is 4.30. The van der Waals surface area contributed by atoms with Gasteiger partial charge in [-0.15, -0.1) is 0 Å². The number of sulfonamides is 1. The van der Waals surface area contributed by atoms with Crippen molar-refractivity contribution in [3.8, 4) is 22.8 Å². The van der Waals surface area contributed by atoms with Crippen LogP contribution >= 0.6 is 0 Å². The molecule has 3 N–H and O–H groups in total. The molecule has 2 aromatic carbocycles. The SMILES string of the molecule is Cc1ccc(S(N)(=O)=O)c(Oc2ccccc2)c1-c1ccn[nH]1. The maximum Gasteiger partial charge on any atom is 0.241 e. The van der Waals surface area contributed by atoms with Crippen molar-refractivity contribution in [2.45, 2.75) is 11.8 Å². The largest absolute Gasteiger partial charge is 0.455 e. The highest BCUT2D eigenvalue weighted by Gasteiger charge is 2.22. The highest BCUT2D eigenvalue weighted by molar-refractivity contribution is 7.89. The molecular weight excluding hydrogens is 314 g/mol. The van der Waals surface area contributed by atoms with Crippen molar-refractivity contribution < 1.29 is 13.2 Å². The van der Waals surface area contributed by atoms with Gasteiger partial charge in [-0.05, 0) is 36.8 Å². The maximum absolute atomic E-state index is 11.9. The van der Waals surface area contributed by atoms with Crippen LogP contribution in [-0.2, 0) is 10.0 Å². The van der Waals surface area contributed by atoms with Gasteiger partial charge in [-0.1, -0.05) is 24.3 Å². The number of aromatic amines is 1. The fourth-order valence-corrected chi connectivity index (χ4v) is 2.98. The van der Waals surface area contributed by atoms with Crippen LogP contribution in [-0.4, -0.2) is 18.6 Å². The summed E-state index contributed by atoms with van der Waals surface area (Å²) in [6, 6.07) is 13.8. The second-order valence-electron chi connectivity index (χ2n) is 5.02. The fraction of sp³-hybridized carbons (Fsp3) is 0.0625. The van der Waals surface area contributed by atoms with Crippen LogP contribution in [0.2, 0.25) is 0 Å². The van der Waals surface area contributed by atoms with Crippen molar-refractivity contribution in [3.05, 3.63) is 60.3 Å². The number of rotatable bonds is 4. The Morgan fingerprint density at radius 2 is 1.83 bits per heavy atom. The van der Waals surface area contributed by atoms with Crippen LogP contribution in [0.1, 0.15) is 5.56 Å². The normalized spacial score (nSPS) is 11.4. The average Bonchev–Trinajstić information content (AvgIpc) is 3.01. The molecule has 118 valence electrons. The van der Waals surface area contributed by atoms with Crippen LogP contribution in [0.5, 0.6) is 11.5 Å². The van der Waals surface area contributed by atoms with Crippen LogP contribution in [0.3, 0.4) is 0 Å². The molecule has 1 heterocycles. The average molecular weight is 329 g/mol. The Kier molecular flexibility index (Phi) is 3.89. The number of aryl methyl sites for hydroxylation is 1. The minimum absolute atomic E-state index is 0.0726. The number of para-hydroxylation sites is 1. The first-order valence-electron chi connectivity index (χ1n) is 6.86. The fourth-order valence-electron chi connectivity index (χ4n) is 2.32. The summed E-state index contributed by atoms with van der Waals surface area (Å²) in [7, 11) is -3.94. The number of nitrogens with two attached hydrogens (primary N) is 1. The number of nitrogens with zero attached hydrogens (tertiary/aromatic N) is 1. The summed E-state index contributed by atoms with van der Waals surface area (Å²) in [5, 5.41) is 12.1. The molecule has 0 fully saturated rings. The van der Waals surface area contributed by atoms with Crippen molar-refractivity contribution in [1.29, 1.82) is 0 Å². The minimum atomic E-state index is -3.94. The van der Waals surface area contributed by atoms with Crippen molar-refractivity contribution >= 4 is 10.0 Å². The van der Waals surface area contributed by atoms with E-state index in [0.717, 1.165) is 5.56 Å². The molecule has 0 amide bonds. The van der Waals surface area contributed by atoms with Gasteiger partial charge in [0.15, 0.2) is 5.75 Å². The van der Waals surface area contributed by atoms with Crippen LogP contribution in [0.25, 0.3) is 11.3 Å². The van der Waals surface area contributed by atoms with E-state index < -0.39 is 10.0 Å². The van der Waals surface area contributed by atoms with Gasteiger partial charge in [0.2, 0.25) is 10.0 Å². The minimum Gasteiger partial charge on any atom is -0.455 e. The molecule has 0 saturated carbocycles. The number of aromatic nitrogens is 2. The molecule has 0 bridgehead atoms. The first-order valence-corrected chi connectivity index (χ1v) is 8.40. The molecule has 7 heteroatoms. The lowest BCUT2D eigenvalue weighted by Gasteiger charge is -2.16. The van der Waals surface area contributed by atoms with Gasteiger partial charge in [-0.3, -0.25) is 5.10 Å². The molecule has 6 nitrogen and oxygen atoms in total. The second kappa shape index (κ2) is 5.86. The summed E-state index contributed by atoms with van der Waals surface area (Å²) in [5.74, 6) is 0.701. The Balaban J connectivity index is 2.26. The highest BCUT2D eigenvalue weighted by Crippen LogP contribution is 2.39. The van der Waals surface area contributed by atoms with Crippen molar-refractivity contribution in [1.82, 2.24) is 10.2 Å². The molecule has 0 spiro atoms. The highest BCUT2D eigenvalue weighted by atomic mass is 32.2. The Morgan fingerprint density at radius 1 is 1.09 bits per heavy atom. The van der Waals surface area contributed by atoms with Crippen molar-refractivity contribution in [2.24, 2.45) is 5.14 Å². The number of hydrogen-bond donors (Lipinski definition) is 2. The summed E-state index contributed by atoms with van der Waals surface area (Å²) >= 11 is 0. The monoisotopic (exact) mass is 329 g/mol. The van der Waals surface area contributed by atoms with E-state index in [2.05, 4.69) is 10.2 Å². The zero-order valence-electron chi connectivity index (χ0n) is 12.4. The van der Waals surface area contributed by atoms with Gasteiger partial charge in [0, 0.05) is 11.8 Å². The molecule has 3 rings (SSSR count). The van der Waals surface area contributed by atoms with Gasteiger partial charge in [0.05, 0.1) is 5.69 Å². The molecule has 0 aliphatic heterocycles. The first-order chi connectivity index (χ1) is 11.0. The summed E-state index contributed by atoms with van der Waals surface area (Å²) in [4.78, 5) is -0.0726. The number of H-pyrrole nitrogens is 1. The van der Waals surface area contributed by atoms with E-state index in [1.807, 2.05) is 13.0 Å². The van der Waals surface area contributed by atoms with Crippen LogP contribution in [0, 0.1) is 6.92 Å². The Morgan fingerprint density at radius 3 is 2.43 bits per heavy atom. The predicted octanol–water partition coefficient (Wildman–Crippen LogP) is 2.82. The molecule has 0 saturated heterocycles. The molecule has 3 aromatic rings. The Labute approximate surface area is 134 Å². The molecule has 23 heavy (non-hydrogen) atoms. The number of benzene rings is 2. The van der Waals surface area contributed by atoms with Crippen molar-refractivity contribution in [3.63, 3.8) is 0 Å². The first kappa shape index (κ1) is 15.3. The number of hydrogen-bond acceptors (Lipinski definition) is 4. The number of ether oxygens (including phenoxy) is 1. The van der Waals surface area contributed by atoms with Gasteiger partial charge in [-0.2, -0.15) is 5.10 Å². The maximum atomic E-state index is 11.9. The zero-order valence-corrected chi connectivity index (χ0v) is 13.2. The third kappa shape index (κ3) is 3.10. The topological polar surface area (TPSA) is 98.1 Å². The molecule has 0 unspecified atom stereocenters. The smallest absolute Gasteiger partial charge is 0.241 e. The van der Waals surface area contributed by atoms with Crippen LogP contribution < -0.4 is 9.88 Å². The van der Waals surface area contributed by atoms with Gasteiger partial charge in [-0.25, -0.2) is 13.6 Å². The summed E-state index contributed by atoms with van der Waals surface area (Å²) < 4.78 is 29.8. The second-order valence-corrected chi connectivity index (χ2v) is 6.55. The van der Waals surface area contributed by atoms with E-state index in [9.17, 15) is 8.42 Å². The van der Waals surface area contributed by atoms with E-state index in [1.54, 1.807) is 42.6 Å². The van der Waals surface area contributed by atoms with Gasteiger partial charge < -0.3 is 4.74 Å². The van der Waals surface area contributed by atoms with Crippen molar-refractivity contribution in [2.75, 3.05) is 0 Å². The van der Waals surface area contributed by atoms with Crippen LogP contribution in [0.15, 0.2) is 59.6 Å². The van der Waals surface area contributed by atoms with E-state index in [4.69, 9.17) is 9.88 Å². The number of primary sulfonamides is 1. The van der Waals surface area contributed by atoms with Crippen LogP contribution in [0.4, 0.5) is 0 Å². The Hall–Kier alpha value is -2.64. The standard InChI is InChI=1S/C16H15N3O3S/c1-11-7-8-14(23(17,20)21)16(15(11)13-9-10-18-19-13)22-12-5-3-2-4-6-12/h2-10H,1H3,(H,18,19)(H2,17,20,21). The molecule has 0 radical (unpaired) electrons. The summed E-state index contributed by atoms with van der Waals surface area (Å²) in [5.41, 5.74) is 2.10. The molecular formula is C16H15N3O3S. The lowest BCUT2D eigenvalue weighted by atomic mass is 10.0. The van der Waals surface area contributed by atoms with E-state index in [1.165, 1.54) is 6.07 Å². The number of nitrogens with one attached hydrogen (secondary N) is 1. The third-order valence-electron chi connectivity index (χ3n) is 3.37. The molecule has 1 aromatic heterocycles. The predicted molar refractivity (Wildman–Crippen MR) is 86.6 cm³/mol. The van der Waals surface area contributed by atoms with E-state index >= 15 is 0 Å².